The van der Waals surface area contributed by atoms with Crippen molar-refractivity contribution in [3.05, 3.63) is 49.0 Å². The maximum Gasteiger partial charge on any atom is 0.138 e. The zero-order valence-corrected chi connectivity index (χ0v) is 12.0. The minimum atomic E-state index is 0.730. The molecule has 108 valence electrons. The highest BCUT2D eigenvalue weighted by Gasteiger charge is 2.13. The summed E-state index contributed by atoms with van der Waals surface area (Å²) in [6, 6.07) is 9.82. The first-order valence-electron chi connectivity index (χ1n) is 7.19. The number of H-pyrrole nitrogens is 1. The van der Waals surface area contributed by atoms with Gasteiger partial charge in [-0.05, 0) is 36.8 Å². The van der Waals surface area contributed by atoms with Gasteiger partial charge in [0.15, 0.2) is 0 Å². The van der Waals surface area contributed by atoms with Crippen molar-refractivity contribution < 1.29 is 9.15 Å². The summed E-state index contributed by atoms with van der Waals surface area (Å²) < 4.78 is 11.3. The first kappa shape index (κ1) is 13.5. The number of hydrogen-bond acceptors (Lipinski definition) is 3. The van der Waals surface area contributed by atoms with Crippen LogP contribution in [0.4, 0.5) is 0 Å². The molecule has 0 atom stereocenters. The number of aromatic nitrogens is 2. The average molecular weight is 282 g/mol. The van der Waals surface area contributed by atoms with Crippen LogP contribution >= 0.6 is 0 Å². The van der Waals surface area contributed by atoms with E-state index in [-0.39, 0.29) is 0 Å². The largest absolute Gasteiger partial charge is 0.494 e. The topological polar surface area (TPSA) is 51.1 Å². The number of imidazole rings is 1. The Morgan fingerprint density at radius 1 is 1.24 bits per heavy atom. The van der Waals surface area contributed by atoms with Gasteiger partial charge in [-0.15, -0.1) is 0 Å². The number of hydrogen-bond donors (Lipinski definition) is 1. The lowest BCUT2D eigenvalue weighted by molar-refractivity contribution is 0.309. The van der Waals surface area contributed by atoms with Crippen LogP contribution in [0.5, 0.6) is 5.75 Å². The molecule has 0 amide bonds. The number of ether oxygens (including phenoxy) is 1. The normalized spacial score (nSPS) is 10.7. The summed E-state index contributed by atoms with van der Waals surface area (Å²) >= 11 is 0. The molecule has 4 heteroatoms. The van der Waals surface area contributed by atoms with E-state index in [1.807, 2.05) is 36.5 Å². The lowest BCUT2D eigenvalue weighted by atomic mass is 10.0. The zero-order valence-electron chi connectivity index (χ0n) is 12.0. The first-order chi connectivity index (χ1) is 10.4. The molecule has 0 aliphatic rings. The lowest BCUT2D eigenvalue weighted by Gasteiger charge is -2.10. The smallest absolute Gasteiger partial charge is 0.138 e. The van der Waals surface area contributed by atoms with Gasteiger partial charge in [0, 0.05) is 23.5 Å². The van der Waals surface area contributed by atoms with Crippen LogP contribution < -0.4 is 4.74 Å². The zero-order chi connectivity index (χ0) is 14.5. The maximum atomic E-state index is 5.79. The SMILES string of the molecule is CCCCOc1ccc(-c2ccco2)c(-c2ncc[nH]2)c1. The van der Waals surface area contributed by atoms with E-state index in [1.54, 1.807) is 12.5 Å². The molecule has 0 bridgehead atoms. The molecule has 0 unspecified atom stereocenters. The Morgan fingerprint density at radius 2 is 2.19 bits per heavy atom. The number of furan rings is 1. The number of nitrogens with one attached hydrogen (secondary N) is 1. The van der Waals surface area contributed by atoms with Gasteiger partial charge in [-0.3, -0.25) is 0 Å². The van der Waals surface area contributed by atoms with Crippen molar-refractivity contribution in [2.45, 2.75) is 19.8 Å². The molecule has 0 saturated carbocycles. The second-order valence-electron chi connectivity index (χ2n) is 4.82. The molecular weight excluding hydrogens is 264 g/mol. The highest BCUT2D eigenvalue weighted by atomic mass is 16.5. The van der Waals surface area contributed by atoms with Crippen LogP contribution in [-0.2, 0) is 0 Å². The molecule has 3 aromatic rings. The fourth-order valence-corrected chi connectivity index (χ4v) is 2.20. The van der Waals surface area contributed by atoms with E-state index in [0.717, 1.165) is 47.9 Å². The van der Waals surface area contributed by atoms with Gasteiger partial charge in [-0.1, -0.05) is 13.3 Å². The number of rotatable bonds is 6. The van der Waals surface area contributed by atoms with Gasteiger partial charge in [0.05, 0.1) is 12.9 Å². The molecule has 2 aromatic heterocycles. The highest BCUT2D eigenvalue weighted by Crippen LogP contribution is 2.33. The Hall–Kier alpha value is -2.49. The number of nitrogens with zero attached hydrogens (tertiary/aromatic N) is 1. The summed E-state index contributed by atoms with van der Waals surface area (Å²) in [6.45, 7) is 2.88. The fraction of sp³-hybridized carbons (Fsp3) is 0.235. The molecule has 21 heavy (non-hydrogen) atoms. The van der Waals surface area contributed by atoms with Gasteiger partial charge in [-0.2, -0.15) is 0 Å². The fourth-order valence-electron chi connectivity index (χ4n) is 2.20. The van der Waals surface area contributed by atoms with E-state index < -0.39 is 0 Å². The minimum absolute atomic E-state index is 0.730. The summed E-state index contributed by atoms with van der Waals surface area (Å²) in [5.41, 5.74) is 1.97. The Labute approximate surface area is 123 Å². The molecule has 0 aliphatic carbocycles. The second-order valence-corrected chi connectivity index (χ2v) is 4.82. The molecule has 1 aromatic carbocycles. The third kappa shape index (κ3) is 2.99. The summed E-state index contributed by atoms with van der Waals surface area (Å²) in [4.78, 5) is 7.48. The number of benzene rings is 1. The van der Waals surface area contributed by atoms with E-state index in [2.05, 4.69) is 16.9 Å². The van der Waals surface area contributed by atoms with Crippen molar-refractivity contribution >= 4 is 0 Å². The number of aromatic amines is 1. The Kier molecular flexibility index (Phi) is 4.05. The molecule has 0 radical (unpaired) electrons. The van der Waals surface area contributed by atoms with Crippen LogP contribution in [0.1, 0.15) is 19.8 Å². The van der Waals surface area contributed by atoms with E-state index in [0.29, 0.717) is 0 Å². The van der Waals surface area contributed by atoms with Gasteiger partial charge in [-0.25, -0.2) is 4.98 Å². The molecule has 4 nitrogen and oxygen atoms in total. The maximum absolute atomic E-state index is 5.79. The van der Waals surface area contributed by atoms with Crippen molar-refractivity contribution in [3.8, 4) is 28.5 Å². The minimum Gasteiger partial charge on any atom is -0.494 e. The molecule has 0 aliphatic heterocycles. The second kappa shape index (κ2) is 6.31. The monoisotopic (exact) mass is 282 g/mol. The molecular formula is C17H18N2O2. The molecule has 1 N–H and O–H groups in total. The van der Waals surface area contributed by atoms with Crippen molar-refractivity contribution in [2.24, 2.45) is 0 Å². The van der Waals surface area contributed by atoms with Crippen molar-refractivity contribution in [1.82, 2.24) is 9.97 Å². The van der Waals surface area contributed by atoms with Crippen molar-refractivity contribution in [2.75, 3.05) is 6.61 Å². The van der Waals surface area contributed by atoms with Crippen molar-refractivity contribution in [3.63, 3.8) is 0 Å². The quantitative estimate of drug-likeness (QED) is 0.676. The van der Waals surface area contributed by atoms with E-state index in [1.165, 1.54) is 0 Å². The van der Waals surface area contributed by atoms with Crippen LogP contribution in [0.3, 0.4) is 0 Å². The third-order valence-corrected chi connectivity index (χ3v) is 3.30. The summed E-state index contributed by atoms with van der Waals surface area (Å²) in [6.07, 6.45) is 7.40. The number of unbranched alkanes of at least 4 members (excludes halogenated alkanes) is 1. The molecule has 0 saturated heterocycles. The summed E-state index contributed by atoms with van der Waals surface area (Å²) in [5, 5.41) is 0. The Morgan fingerprint density at radius 3 is 2.90 bits per heavy atom. The summed E-state index contributed by atoms with van der Waals surface area (Å²) in [7, 11) is 0. The third-order valence-electron chi connectivity index (χ3n) is 3.30. The predicted molar refractivity (Wildman–Crippen MR) is 82.1 cm³/mol. The van der Waals surface area contributed by atoms with E-state index in [4.69, 9.17) is 9.15 Å². The van der Waals surface area contributed by atoms with Crippen LogP contribution in [-0.4, -0.2) is 16.6 Å². The molecule has 3 rings (SSSR count). The predicted octanol–water partition coefficient (Wildman–Crippen LogP) is 4.52. The first-order valence-corrected chi connectivity index (χ1v) is 7.19. The molecule has 0 fully saturated rings. The van der Waals surface area contributed by atoms with Gasteiger partial charge >= 0.3 is 0 Å². The van der Waals surface area contributed by atoms with Crippen LogP contribution in [0.15, 0.2) is 53.4 Å². The van der Waals surface area contributed by atoms with Gasteiger partial charge in [0.1, 0.15) is 17.3 Å². The Bertz CT molecular complexity index is 673. The highest BCUT2D eigenvalue weighted by molar-refractivity contribution is 5.79. The van der Waals surface area contributed by atoms with Crippen LogP contribution in [0, 0.1) is 0 Å². The standard InChI is InChI=1S/C17H18N2O2/c1-2-3-10-20-13-6-7-14(16-5-4-11-21-16)15(12-13)17-18-8-9-19-17/h4-9,11-12H,2-3,10H2,1H3,(H,18,19). The summed E-state index contributed by atoms with van der Waals surface area (Å²) in [5.74, 6) is 2.48. The van der Waals surface area contributed by atoms with Crippen molar-refractivity contribution in [1.29, 1.82) is 0 Å². The van der Waals surface area contributed by atoms with Gasteiger partial charge in [0.2, 0.25) is 0 Å². The lowest BCUT2D eigenvalue weighted by Crippen LogP contribution is -1.97. The van der Waals surface area contributed by atoms with Gasteiger partial charge in [0.25, 0.3) is 0 Å². The van der Waals surface area contributed by atoms with E-state index in [9.17, 15) is 0 Å². The Balaban J connectivity index is 1.97. The van der Waals surface area contributed by atoms with Crippen LogP contribution in [0.25, 0.3) is 22.7 Å². The van der Waals surface area contributed by atoms with Crippen LogP contribution in [0.2, 0.25) is 0 Å². The van der Waals surface area contributed by atoms with E-state index >= 15 is 0 Å². The molecule has 0 spiro atoms. The van der Waals surface area contributed by atoms with Gasteiger partial charge < -0.3 is 14.1 Å². The average Bonchev–Trinajstić information content (AvgIpc) is 3.21. The molecule has 2 heterocycles.